The van der Waals surface area contributed by atoms with E-state index in [1.54, 1.807) is 53.5 Å². The number of benzene rings is 1. The molecule has 1 amide bonds. The highest BCUT2D eigenvalue weighted by Crippen LogP contribution is 2.30. The Morgan fingerprint density at radius 1 is 1.21 bits per heavy atom. The second-order valence-corrected chi connectivity index (χ2v) is 6.04. The summed E-state index contributed by atoms with van der Waals surface area (Å²) in [5.74, 6) is 0.307. The third kappa shape index (κ3) is 3.42. The fraction of sp³-hybridized carbons (Fsp3) is 0.118. The van der Waals surface area contributed by atoms with Gasteiger partial charge in [0.2, 0.25) is 0 Å². The summed E-state index contributed by atoms with van der Waals surface area (Å²) in [6.07, 6.45) is 4.74. The van der Waals surface area contributed by atoms with Crippen LogP contribution in [0, 0.1) is 0 Å². The number of nitrogens with zero attached hydrogens (tertiary/aromatic N) is 3. The van der Waals surface area contributed by atoms with E-state index in [-0.39, 0.29) is 11.9 Å². The average molecular weight is 361 g/mol. The van der Waals surface area contributed by atoms with Gasteiger partial charge >= 0.3 is 0 Å². The number of anilines is 1. The highest BCUT2D eigenvalue weighted by atomic mass is 35.5. The molecule has 2 heterocycles. The Morgan fingerprint density at radius 2 is 2.04 bits per heavy atom. The van der Waals surface area contributed by atoms with Crippen molar-refractivity contribution in [2.45, 2.75) is 13.0 Å². The first kappa shape index (κ1) is 16.5. The lowest BCUT2D eigenvalue weighted by atomic mass is 10.1. The fourth-order valence-electron chi connectivity index (χ4n) is 2.37. The normalized spacial score (nSPS) is 12.0. The second kappa shape index (κ2) is 7.03. The van der Waals surface area contributed by atoms with Gasteiger partial charge < -0.3 is 5.32 Å². The van der Waals surface area contributed by atoms with E-state index >= 15 is 0 Å². The number of halogens is 2. The molecule has 1 atom stereocenters. The van der Waals surface area contributed by atoms with E-state index in [1.165, 1.54) is 6.20 Å². The largest absolute Gasteiger partial charge is 0.307 e. The van der Waals surface area contributed by atoms with Crippen molar-refractivity contribution < 1.29 is 4.79 Å². The Labute approximate surface area is 149 Å². The smallest absolute Gasteiger partial charge is 0.258 e. The van der Waals surface area contributed by atoms with Gasteiger partial charge in [-0.05, 0) is 42.8 Å². The van der Waals surface area contributed by atoms with Crippen LogP contribution < -0.4 is 5.32 Å². The molecule has 0 aliphatic heterocycles. The summed E-state index contributed by atoms with van der Waals surface area (Å²) in [7, 11) is 0. The molecule has 0 aliphatic carbocycles. The number of pyridine rings is 1. The van der Waals surface area contributed by atoms with Gasteiger partial charge in [-0.3, -0.25) is 9.78 Å². The zero-order valence-corrected chi connectivity index (χ0v) is 14.3. The Morgan fingerprint density at radius 3 is 2.79 bits per heavy atom. The average Bonchev–Trinajstić information content (AvgIpc) is 3.05. The number of carbonyl (C=O) groups is 1. The van der Waals surface area contributed by atoms with Crippen LogP contribution in [0.15, 0.2) is 55.0 Å². The summed E-state index contributed by atoms with van der Waals surface area (Å²) in [6.45, 7) is 1.93. The number of hydrogen-bond acceptors (Lipinski definition) is 3. The third-order valence-electron chi connectivity index (χ3n) is 3.61. The molecule has 0 spiro atoms. The number of amides is 1. The zero-order valence-electron chi connectivity index (χ0n) is 12.8. The van der Waals surface area contributed by atoms with Gasteiger partial charge in [-0.1, -0.05) is 23.2 Å². The van der Waals surface area contributed by atoms with E-state index in [2.05, 4.69) is 15.4 Å². The van der Waals surface area contributed by atoms with Gasteiger partial charge in [0.05, 0.1) is 17.8 Å². The summed E-state index contributed by atoms with van der Waals surface area (Å²) < 4.78 is 1.69. The molecule has 1 N–H and O–H groups in total. The van der Waals surface area contributed by atoms with Gasteiger partial charge in [0, 0.05) is 28.5 Å². The van der Waals surface area contributed by atoms with Gasteiger partial charge in [-0.15, -0.1) is 0 Å². The summed E-state index contributed by atoms with van der Waals surface area (Å²) in [5.41, 5.74) is 1.29. The second-order valence-electron chi connectivity index (χ2n) is 5.20. The molecule has 1 aromatic carbocycles. The number of rotatable bonds is 4. The van der Waals surface area contributed by atoms with E-state index < -0.39 is 0 Å². The van der Waals surface area contributed by atoms with E-state index in [1.807, 2.05) is 6.92 Å². The Bertz CT molecular complexity index is 864. The first-order valence-electron chi connectivity index (χ1n) is 7.26. The molecule has 0 saturated carbocycles. The van der Waals surface area contributed by atoms with Crippen LogP contribution in [-0.2, 0) is 0 Å². The van der Waals surface area contributed by atoms with Crippen LogP contribution >= 0.6 is 23.2 Å². The predicted octanol–water partition coefficient (Wildman–Crippen LogP) is 4.45. The number of hydrogen-bond donors (Lipinski definition) is 1. The lowest BCUT2D eigenvalue weighted by Crippen LogP contribution is -2.18. The van der Waals surface area contributed by atoms with Gasteiger partial charge in [0.1, 0.15) is 5.82 Å². The lowest BCUT2D eigenvalue weighted by molar-refractivity contribution is 0.102. The Balaban J connectivity index is 1.87. The maximum absolute atomic E-state index is 12.3. The summed E-state index contributed by atoms with van der Waals surface area (Å²) >= 11 is 12.3. The molecule has 122 valence electrons. The van der Waals surface area contributed by atoms with E-state index in [4.69, 9.17) is 23.2 Å². The van der Waals surface area contributed by atoms with Crippen LogP contribution in [0.3, 0.4) is 0 Å². The minimum atomic E-state index is -0.255. The molecule has 0 fully saturated rings. The molecule has 3 rings (SSSR count). The van der Waals surface area contributed by atoms with Gasteiger partial charge in [0.15, 0.2) is 0 Å². The van der Waals surface area contributed by atoms with Crippen molar-refractivity contribution in [2.24, 2.45) is 0 Å². The van der Waals surface area contributed by atoms with Crippen LogP contribution in [-0.4, -0.2) is 20.7 Å². The molecule has 5 nitrogen and oxygen atoms in total. The highest BCUT2D eigenvalue weighted by molar-refractivity contribution is 6.33. The van der Waals surface area contributed by atoms with Crippen LogP contribution in [0.5, 0.6) is 0 Å². The van der Waals surface area contributed by atoms with Crippen LogP contribution in [0.4, 0.5) is 5.82 Å². The molecule has 3 aromatic rings. The van der Waals surface area contributed by atoms with Gasteiger partial charge in [0.25, 0.3) is 5.91 Å². The Kier molecular flexibility index (Phi) is 4.83. The number of nitrogens with one attached hydrogen (secondary N) is 1. The minimum absolute atomic E-state index is 0.199. The molecule has 0 radical (unpaired) electrons. The lowest BCUT2D eigenvalue weighted by Gasteiger charge is -2.18. The third-order valence-corrected chi connectivity index (χ3v) is 4.19. The molecule has 0 saturated heterocycles. The molecule has 0 aliphatic rings. The minimum Gasteiger partial charge on any atom is -0.307 e. The summed E-state index contributed by atoms with van der Waals surface area (Å²) in [4.78, 5) is 16.3. The maximum Gasteiger partial charge on any atom is 0.258 e. The molecule has 7 heteroatoms. The topological polar surface area (TPSA) is 59.8 Å². The molecule has 2 aromatic heterocycles. The van der Waals surface area contributed by atoms with Gasteiger partial charge in [-0.25, -0.2) is 4.68 Å². The molecular weight excluding hydrogens is 347 g/mol. The summed E-state index contributed by atoms with van der Waals surface area (Å²) in [5, 5.41) is 8.31. The first-order chi connectivity index (χ1) is 11.6. The van der Waals surface area contributed by atoms with Gasteiger partial charge in [-0.2, -0.15) is 5.10 Å². The quantitative estimate of drug-likeness (QED) is 0.747. The van der Waals surface area contributed by atoms with Crippen LogP contribution in [0.2, 0.25) is 10.0 Å². The zero-order chi connectivity index (χ0) is 17.1. The van der Waals surface area contributed by atoms with E-state index in [0.717, 1.165) is 5.56 Å². The maximum atomic E-state index is 12.3. The van der Waals surface area contributed by atoms with Crippen LogP contribution in [0.25, 0.3) is 0 Å². The summed E-state index contributed by atoms with van der Waals surface area (Å²) in [6, 6.07) is 10.2. The standard InChI is InChI=1S/C17H14Cl2N4O/c1-11(14-9-13(18)4-5-15(14)19)23-16(6-8-21-23)22-17(24)12-3-2-7-20-10-12/h2-11H,1H3,(H,22,24). The molecule has 1 unspecified atom stereocenters. The molecular formula is C17H14Cl2N4O. The van der Waals surface area contributed by atoms with Crippen molar-refractivity contribution in [3.8, 4) is 0 Å². The predicted molar refractivity (Wildman–Crippen MR) is 94.7 cm³/mol. The van der Waals surface area contributed by atoms with E-state index in [9.17, 15) is 4.79 Å². The SMILES string of the molecule is CC(c1cc(Cl)ccc1Cl)n1nccc1NC(=O)c1cccnc1. The number of aromatic nitrogens is 3. The van der Waals surface area contributed by atoms with Crippen molar-refractivity contribution in [1.82, 2.24) is 14.8 Å². The van der Waals surface area contributed by atoms with Crippen molar-refractivity contribution >= 4 is 34.9 Å². The molecule has 0 bridgehead atoms. The Hall–Kier alpha value is -2.37. The van der Waals surface area contributed by atoms with Crippen molar-refractivity contribution in [3.63, 3.8) is 0 Å². The van der Waals surface area contributed by atoms with Crippen LogP contribution in [0.1, 0.15) is 28.9 Å². The first-order valence-corrected chi connectivity index (χ1v) is 8.01. The number of carbonyl (C=O) groups excluding carboxylic acids is 1. The van der Waals surface area contributed by atoms with Crippen molar-refractivity contribution in [3.05, 3.63) is 76.2 Å². The van der Waals surface area contributed by atoms with E-state index in [0.29, 0.717) is 21.4 Å². The fourth-order valence-corrected chi connectivity index (χ4v) is 2.83. The van der Waals surface area contributed by atoms with Crippen molar-refractivity contribution in [2.75, 3.05) is 5.32 Å². The monoisotopic (exact) mass is 360 g/mol. The molecule has 24 heavy (non-hydrogen) atoms. The van der Waals surface area contributed by atoms with Crippen molar-refractivity contribution in [1.29, 1.82) is 0 Å². The highest BCUT2D eigenvalue weighted by Gasteiger charge is 2.17.